The van der Waals surface area contributed by atoms with Gasteiger partial charge in [0.15, 0.2) is 5.52 Å². The van der Waals surface area contributed by atoms with Gasteiger partial charge in [0, 0.05) is 43.0 Å². The fourth-order valence-corrected chi connectivity index (χ4v) is 3.16. The number of rotatable bonds is 4. The Balaban J connectivity index is 1.99. The van der Waals surface area contributed by atoms with Crippen LogP contribution in [-0.2, 0) is 7.05 Å². The summed E-state index contributed by atoms with van der Waals surface area (Å²) in [4.78, 5) is 21.8. The Morgan fingerprint density at radius 1 is 1.11 bits per heavy atom. The second-order valence-electron chi connectivity index (χ2n) is 6.26. The number of benzene rings is 1. The molecule has 0 aliphatic carbocycles. The summed E-state index contributed by atoms with van der Waals surface area (Å²) in [7, 11) is 1.85. The average molecular weight is 361 g/mol. The maximum atomic E-state index is 13.1. The molecule has 0 aliphatic heterocycles. The first kappa shape index (κ1) is 17.0. The van der Waals surface area contributed by atoms with Crippen LogP contribution in [0.25, 0.3) is 27.8 Å². The molecule has 0 N–H and O–H groups in total. The van der Waals surface area contributed by atoms with Crippen LogP contribution in [0.4, 0.5) is 0 Å². The SMILES string of the molecule is CCOc1ccc(-n2cc(-c3cnn(C)c3)c3nccnc3c2=O)c(C)c1. The van der Waals surface area contributed by atoms with Crippen LogP contribution in [0.5, 0.6) is 5.75 Å². The van der Waals surface area contributed by atoms with Gasteiger partial charge in [-0.3, -0.25) is 19.0 Å². The topological polar surface area (TPSA) is 74.8 Å². The predicted molar refractivity (Wildman–Crippen MR) is 103 cm³/mol. The highest BCUT2D eigenvalue weighted by atomic mass is 16.5. The van der Waals surface area contributed by atoms with Gasteiger partial charge in [0.05, 0.1) is 18.5 Å². The molecule has 0 radical (unpaired) electrons. The number of aromatic nitrogens is 5. The van der Waals surface area contributed by atoms with Gasteiger partial charge in [-0.15, -0.1) is 0 Å². The van der Waals surface area contributed by atoms with E-state index in [-0.39, 0.29) is 5.56 Å². The number of nitrogens with zero attached hydrogens (tertiary/aromatic N) is 5. The molecule has 0 fully saturated rings. The molecule has 0 saturated carbocycles. The Morgan fingerprint density at radius 2 is 1.89 bits per heavy atom. The summed E-state index contributed by atoms with van der Waals surface area (Å²) in [5, 5.41) is 4.24. The fourth-order valence-electron chi connectivity index (χ4n) is 3.16. The molecule has 3 aromatic heterocycles. The first-order valence-electron chi connectivity index (χ1n) is 8.67. The van der Waals surface area contributed by atoms with Crippen LogP contribution in [0.15, 0.2) is 54.0 Å². The second-order valence-corrected chi connectivity index (χ2v) is 6.26. The van der Waals surface area contributed by atoms with E-state index in [1.807, 2.05) is 45.3 Å². The summed E-state index contributed by atoms with van der Waals surface area (Å²) in [6.45, 7) is 4.49. The summed E-state index contributed by atoms with van der Waals surface area (Å²) in [6.07, 6.45) is 8.58. The molecular formula is C20H19N5O2. The van der Waals surface area contributed by atoms with Crippen molar-refractivity contribution in [3.63, 3.8) is 0 Å². The van der Waals surface area contributed by atoms with E-state index >= 15 is 0 Å². The molecule has 27 heavy (non-hydrogen) atoms. The lowest BCUT2D eigenvalue weighted by molar-refractivity contribution is 0.340. The first-order valence-corrected chi connectivity index (χ1v) is 8.67. The van der Waals surface area contributed by atoms with Crippen molar-refractivity contribution in [2.45, 2.75) is 13.8 Å². The van der Waals surface area contributed by atoms with Crippen molar-refractivity contribution in [2.24, 2.45) is 7.05 Å². The monoisotopic (exact) mass is 361 g/mol. The van der Waals surface area contributed by atoms with Gasteiger partial charge in [0.2, 0.25) is 0 Å². The van der Waals surface area contributed by atoms with Crippen molar-refractivity contribution >= 4 is 11.0 Å². The number of hydrogen-bond acceptors (Lipinski definition) is 5. The zero-order valence-corrected chi connectivity index (χ0v) is 15.4. The molecule has 4 aromatic rings. The minimum absolute atomic E-state index is 0.210. The van der Waals surface area contributed by atoms with Crippen molar-refractivity contribution in [2.75, 3.05) is 6.61 Å². The van der Waals surface area contributed by atoms with E-state index in [1.54, 1.807) is 27.8 Å². The summed E-state index contributed by atoms with van der Waals surface area (Å²) in [5.74, 6) is 0.778. The molecular weight excluding hydrogens is 342 g/mol. The molecule has 1 aromatic carbocycles. The molecule has 0 unspecified atom stereocenters. The highest BCUT2D eigenvalue weighted by molar-refractivity contribution is 5.90. The van der Waals surface area contributed by atoms with Gasteiger partial charge in [0.1, 0.15) is 11.3 Å². The molecule has 0 bridgehead atoms. The maximum absolute atomic E-state index is 13.1. The number of pyridine rings is 1. The normalized spacial score (nSPS) is 11.1. The molecule has 136 valence electrons. The van der Waals surface area contributed by atoms with Crippen LogP contribution in [0.1, 0.15) is 12.5 Å². The standard InChI is InChI=1S/C20H19N5O2/c1-4-27-15-5-6-17(13(2)9-15)25-12-16(14-10-23-24(3)11-14)18-19(20(25)26)22-8-7-21-18/h5-12H,4H2,1-3H3. The Kier molecular flexibility index (Phi) is 4.19. The van der Waals surface area contributed by atoms with Crippen LogP contribution >= 0.6 is 0 Å². The summed E-state index contributed by atoms with van der Waals surface area (Å²) in [5.41, 5.74) is 4.07. The molecule has 3 heterocycles. The van der Waals surface area contributed by atoms with E-state index in [2.05, 4.69) is 15.1 Å². The van der Waals surface area contributed by atoms with Crippen molar-refractivity contribution in [1.29, 1.82) is 0 Å². The Bertz CT molecular complexity index is 1190. The highest BCUT2D eigenvalue weighted by Crippen LogP contribution is 2.26. The van der Waals surface area contributed by atoms with E-state index in [0.717, 1.165) is 28.1 Å². The van der Waals surface area contributed by atoms with Gasteiger partial charge in [-0.05, 0) is 37.6 Å². The zero-order valence-electron chi connectivity index (χ0n) is 15.4. The average Bonchev–Trinajstić information content (AvgIpc) is 3.09. The fraction of sp³-hybridized carbons (Fsp3) is 0.200. The third-order valence-corrected chi connectivity index (χ3v) is 4.39. The van der Waals surface area contributed by atoms with Crippen molar-refractivity contribution < 1.29 is 4.74 Å². The molecule has 7 heteroatoms. The van der Waals surface area contributed by atoms with Crippen LogP contribution in [0.2, 0.25) is 0 Å². The van der Waals surface area contributed by atoms with Gasteiger partial charge in [0.25, 0.3) is 5.56 Å². The van der Waals surface area contributed by atoms with Crippen molar-refractivity contribution in [1.82, 2.24) is 24.3 Å². The quantitative estimate of drug-likeness (QED) is 0.559. The van der Waals surface area contributed by atoms with E-state index in [0.29, 0.717) is 17.6 Å². The van der Waals surface area contributed by atoms with Crippen LogP contribution < -0.4 is 10.3 Å². The number of aryl methyl sites for hydroxylation is 2. The lowest BCUT2D eigenvalue weighted by atomic mass is 10.1. The molecule has 0 amide bonds. The van der Waals surface area contributed by atoms with Crippen LogP contribution in [0, 0.1) is 6.92 Å². The smallest absolute Gasteiger partial charge is 0.283 e. The molecule has 0 aliphatic rings. The number of fused-ring (bicyclic) bond motifs is 1. The minimum Gasteiger partial charge on any atom is -0.494 e. The maximum Gasteiger partial charge on any atom is 0.283 e. The summed E-state index contributed by atoms with van der Waals surface area (Å²) >= 11 is 0. The largest absolute Gasteiger partial charge is 0.494 e. The number of hydrogen-bond donors (Lipinski definition) is 0. The molecule has 4 rings (SSSR count). The number of ether oxygens (including phenoxy) is 1. The predicted octanol–water partition coefficient (Wildman–Crippen LogP) is 2.89. The lowest BCUT2D eigenvalue weighted by Gasteiger charge is -2.14. The van der Waals surface area contributed by atoms with Gasteiger partial charge < -0.3 is 4.74 Å². The summed E-state index contributed by atoms with van der Waals surface area (Å²) in [6, 6.07) is 5.68. The van der Waals surface area contributed by atoms with Crippen molar-refractivity contribution in [3.8, 4) is 22.6 Å². The van der Waals surface area contributed by atoms with Gasteiger partial charge in [-0.25, -0.2) is 4.98 Å². The minimum atomic E-state index is -0.210. The lowest BCUT2D eigenvalue weighted by Crippen LogP contribution is -2.20. The van der Waals surface area contributed by atoms with Crippen molar-refractivity contribution in [3.05, 3.63) is 65.1 Å². The third-order valence-electron chi connectivity index (χ3n) is 4.39. The third kappa shape index (κ3) is 2.97. The first-order chi connectivity index (χ1) is 13.1. The van der Waals surface area contributed by atoms with E-state index in [4.69, 9.17) is 4.74 Å². The van der Waals surface area contributed by atoms with Gasteiger partial charge in [-0.1, -0.05) is 0 Å². The molecule has 0 atom stereocenters. The van der Waals surface area contributed by atoms with Crippen LogP contribution in [0.3, 0.4) is 0 Å². The Labute approximate surface area is 155 Å². The van der Waals surface area contributed by atoms with Crippen LogP contribution in [-0.4, -0.2) is 30.9 Å². The van der Waals surface area contributed by atoms with E-state index in [9.17, 15) is 4.79 Å². The van der Waals surface area contributed by atoms with Gasteiger partial charge >= 0.3 is 0 Å². The zero-order chi connectivity index (χ0) is 19.0. The Morgan fingerprint density at radius 3 is 2.56 bits per heavy atom. The van der Waals surface area contributed by atoms with E-state index in [1.165, 1.54) is 6.20 Å². The molecule has 0 spiro atoms. The highest BCUT2D eigenvalue weighted by Gasteiger charge is 2.16. The summed E-state index contributed by atoms with van der Waals surface area (Å²) < 4.78 is 8.89. The second kappa shape index (κ2) is 6.68. The van der Waals surface area contributed by atoms with E-state index < -0.39 is 0 Å². The molecule has 0 saturated heterocycles. The van der Waals surface area contributed by atoms with Gasteiger partial charge in [-0.2, -0.15) is 5.10 Å². The molecule has 7 nitrogen and oxygen atoms in total. The Hall–Kier alpha value is -3.48.